The van der Waals surface area contributed by atoms with Crippen LogP contribution >= 0.6 is 0 Å². The van der Waals surface area contributed by atoms with Gasteiger partial charge in [0.25, 0.3) is 5.91 Å². The first-order chi connectivity index (χ1) is 32.3. The third-order valence-corrected chi connectivity index (χ3v) is 14.0. The molecular formula is C51H55N9O6. The zero-order valence-corrected chi connectivity index (χ0v) is 37.3. The van der Waals surface area contributed by atoms with E-state index in [0.29, 0.717) is 24.5 Å². The first-order valence-corrected chi connectivity index (χ1v) is 23.1. The number of aryl methyl sites for hydroxylation is 2. The van der Waals surface area contributed by atoms with E-state index < -0.39 is 24.3 Å². The number of fused-ring (bicyclic) bond motifs is 4. The lowest BCUT2D eigenvalue weighted by Gasteiger charge is -2.34. The van der Waals surface area contributed by atoms with E-state index in [4.69, 9.17) is 19.4 Å². The van der Waals surface area contributed by atoms with Crippen molar-refractivity contribution in [2.24, 2.45) is 5.92 Å². The lowest BCUT2D eigenvalue weighted by molar-refractivity contribution is -0.136. The Kier molecular flexibility index (Phi) is 12.0. The minimum Gasteiger partial charge on any atom is -0.453 e. The van der Waals surface area contributed by atoms with Crippen molar-refractivity contribution in [3.8, 4) is 33.6 Å². The number of alkyl carbamates (subject to hydrolysis) is 2. The van der Waals surface area contributed by atoms with Gasteiger partial charge in [-0.2, -0.15) is 0 Å². The molecule has 5 N–H and O–H groups in total. The summed E-state index contributed by atoms with van der Waals surface area (Å²) < 4.78 is 9.78. The minimum atomic E-state index is -0.881. The predicted molar refractivity (Wildman–Crippen MR) is 249 cm³/mol. The molecule has 6 aromatic rings. The average molecular weight is 890 g/mol. The quantitative estimate of drug-likeness (QED) is 0.0927. The maximum atomic E-state index is 14.2. The molecule has 4 atom stereocenters. The van der Waals surface area contributed by atoms with Gasteiger partial charge in [-0.05, 0) is 116 Å². The summed E-state index contributed by atoms with van der Waals surface area (Å²) in [6.07, 6.45) is 7.12. The number of nitrogens with zero attached hydrogens (tertiary/aromatic N) is 4. The van der Waals surface area contributed by atoms with E-state index in [-0.39, 0.29) is 29.8 Å². The summed E-state index contributed by atoms with van der Waals surface area (Å²) in [5, 5.41) is 11.2. The number of aromatic amines is 2. The number of nitrogens with one attached hydrogen (secondary N) is 5. The highest BCUT2D eigenvalue weighted by molar-refractivity contribution is 5.91. The molecule has 4 unspecified atom stereocenters. The third kappa shape index (κ3) is 8.39. The van der Waals surface area contributed by atoms with E-state index >= 15 is 0 Å². The number of aromatic nitrogens is 4. The van der Waals surface area contributed by atoms with Crippen LogP contribution in [0, 0.1) is 5.92 Å². The van der Waals surface area contributed by atoms with Crippen molar-refractivity contribution < 1.29 is 28.7 Å². The second kappa shape index (κ2) is 18.5. The van der Waals surface area contributed by atoms with E-state index in [9.17, 15) is 19.2 Å². The van der Waals surface area contributed by atoms with Crippen LogP contribution in [0.2, 0.25) is 0 Å². The van der Waals surface area contributed by atoms with Gasteiger partial charge in [-0.1, -0.05) is 72.8 Å². The molecule has 66 heavy (non-hydrogen) atoms. The summed E-state index contributed by atoms with van der Waals surface area (Å²) in [7, 11) is 2.62. The van der Waals surface area contributed by atoms with Crippen molar-refractivity contribution >= 4 is 34.8 Å². The molecule has 3 aliphatic heterocycles. The number of amides is 4. The minimum absolute atomic E-state index is 0.0379. The lowest BCUT2D eigenvalue weighted by Crippen LogP contribution is -2.54. The van der Waals surface area contributed by atoms with Crippen LogP contribution in [-0.2, 0) is 31.9 Å². The van der Waals surface area contributed by atoms with Crippen LogP contribution in [0.4, 0.5) is 9.59 Å². The Morgan fingerprint density at radius 1 is 0.697 bits per heavy atom. The Labute approximate surface area is 383 Å². The molecule has 15 nitrogen and oxygen atoms in total. The highest BCUT2D eigenvalue weighted by Crippen LogP contribution is 2.40. The molecule has 1 aliphatic carbocycles. The van der Waals surface area contributed by atoms with E-state index in [1.165, 1.54) is 19.8 Å². The van der Waals surface area contributed by atoms with Gasteiger partial charge in [-0.3, -0.25) is 9.59 Å². The van der Waals surface area contributed by atoms with Gasteiger partial charge in [0.05, 0.1) is 49.6 Å². The number of H-pyrrole nitrogens is 2. The normalized spacial score (nSPS) is 19.2. The van der Waals surface area contributed by atoms with E-state index in [0.717, 1.165) is 120 Å². The number of imidazole rings is 2. The van der Waals surface area contributed by atoms with Crippen LogP contribution in [0.25, 0.3) is 44.4 Å². The summed E-state index contributed by atoms with van der Waals surface area (Å²) in [4.78, 5) is 73.6. The van der Waals surface area contributed by atoms with E-state index in [1.807, 2.05) is 41.4 Å². The molecule has 4 amide bonds. The molecule has 340 valence electrons. The van der Waals surface area contributed by atoms with Crippen LogP contribution in [-0.4, -0.2) is 100 Å². The fourth-order valence-electron chi connectivity index (χ4n) is 10.5. The first-order valence-electron chi connectivity index (χ1n) is 23.1. The van der Waals surface area contributed by atoms with E-state index in [1.54, 1.807) is 4.90 Å². The zero-order chi connectivity index (χ0) is 45.3. The Morgan fingerprint density at radius 3 is 2.09 bits per heavy atom. The van der Waals surface area contributed by atoms with Gasteiger partial charge in [-0.25, -0.2) is 19.6 Å². The number of methoxy groups -OCH3 is 2. The van der Waals surface area contributed by atoms with Crippen molar-refractivity contribution in [3.05, 3.63) is 120 Å². The number of hydrogen-bond acceptors (Lipinski definition) is 9. The number of hydrogen-bond donors (Lipinski definition) is 5. The monoisotopic (exact) mass is 889 g/mol. The molecule has 10 rings (SSSR count). The molecule has 3 saturated heterocycles. The van der Waals surface area contributed by atoms with Gasteiger partial charge in [0, 0.05) is 24.2 Å². The van der Waals surface area contributed by atoms with Gasteiger partial charge in [0.1, 0.15) is 23.7 Å². The lowest BCUT2D eigenvalue weighted by atomic mass is 9.89. The van der Waals surface area contributed by atoms with E-state index in [2.05, 4.69) is 80.5 Å². The number of carbonyl (C=O) groups excluding carboxylic acids is 4. The molecule has 0 radical (unpaired) electrons. The van der Waals surface area contributed by atoms with Gasteiger partial charge in [-0.15, -0.1) is 0 Å². The zero-order valence-electron chi connectivity index (χ0n) is 37.3. The Hall–Kier alpha value is -7.00. The molecule has 2 aromatic heterocycles. The largest absolute Gasteiger partial charge is 0.453 e. The molecule has 0 saturated carbocycles. The highest BCUT2D eigenvalue weighted by Gasteiger charge is 2.41. The Morgan fingerprint density at radius 2 is 1.35 bits per heavy atom. The van der Waals surface area contributed by atoms with Crippen LogP contribution < -0.4 is 16.0 Å². The number of benzene rings is 4. The molecule has 4 aromatic carbocycles. The third-order valence-electron chi connectivity index (χ3n) is 14.0. The van der Waals surface area contributed by atoms with Crippen LogP contribution in [0.15, 0.2) is 91.1 Å². The van der Waals surface area contributed by atoms with Crippen LogP contribution in [0.1, 0.15) is 85.1 Å². The summed E-state index contributed by atoms with van der Waals surface area (Å²) in [5.74, 6) is 1.29. The summed E-state index contributed by atoms with van der Waals surface area (Å²) in [5.41, 5.74) is 9.25. The molecule has 0 spiro atoms. The standard InChI is InChI=1S/C51H55N9O6/c1-65-50(63)57-43(30-8-4-3-5-9-30)48(61)59-24-6-10-41(59)46-53-29-40(55-46)37-15-14-33-26-32(12-13-34(33)28-37)35-16-18-38-36(27-35)17-19-39-45(38)56-47(54-39)42-11-7-25-60(42)49(62)44(58-51(64)66-2)31-20-22-52-23-21-31/h3-5,8-9,12-16,18,26-29,31,41-44,52H,6-7,10-11,17,19-25H2,1-2H3,(H,53,55)(H,54,56)(H,57,63)(H,58,64). The number of rotatable bonds is 10. The molecule has 0 bridgehead atoms. The van der Waals surface area contributed by atoms with Crippen molar-refractivity contribution in [3.63, 3.8) is 0 Å². The number of piperidine rings is 1. The van der Waals surface area contributed by atoms with Crippen molar-refractivity contribution in [2.45, 2.75) is 75.5 Å². The Bertz CT molecular complexity index is 2780. The topological polar surface area (TPSA) is 187 Å². The Balaban J connectivity index is 0.841. The number of ether oxygens (including phenoxy) is 2. The molecular weight excluding hydrogens is 835 g/mol. The second-order valence-electron chi connectivity index (χ2n) is 17.8. The van der Waals surface area contributed by atoms with Crippen molar-refractivity contribution in [1.82, 2.24) is 45.7 Å². The smallest absolute Gasteiger partial charge is 0.407 e. The number of carbonyl (C=O) groups is 4. The second-order valence-corrected chi connectivity index (χ2v) is 17.8. The van der Waals surface area contributed by atoms with Gasteiger partial charge in [0.2, 0.25) is 5.91 Å². The SMILES string of the molecule is COC(=O)NC(C(=O)N1CCCC1c1ncc(-c2ccc3cc(-c4ccc5c(c4)CCc4nc(C6CCCN6C(=O)C(NC(=O)OC)C6CCNCC6)[nH]c4-5)ccc3c2)[nH]1)c1ccccc1. The van der Waals surface area contributed by atoms with Crippen molar-refractivity contribution in [1.29, 1.82) is 0 Å². The summed E-state index contributed by atoms with van der Waals surface area (Å²) in [6.45, 7) is 2.80. The fourth-order valence-corrected chi connectivity index (χ4v) is 10.5. The number of likely N-dealkylation sites (tertiary alicyclic amines) is 2. The highest BCUT2D eigenvalue weighted by atomic mass is 16.5. The first kappa shape index (κ1) is 42.9. The molecule has 4 aliphatic rings. The van der Waals surface area contributed by atoms with Gasteiger partial charge < -0.3 is 45.2 Å². The molecule has 5 heterocycles. The van der Waals surface area contributed by atoms with Crippen molar-refractivity contribution in [2.75, 3.05) is 40.4 Å². The van der Waals surface area contributed by atoms with Gasteiger partial charge >= 0.3 is 12.2 Å². The van der Waals surface area contributed by atoms with Gasteiger partial charge in [0.15, 0.2) is 0 Å². The molecule has 3 fully saturated rings. The summed E-state index contributed by atoms with van der Waals surface area (Å²) >= 11 is 0. The maximum Gasteiger partial charge on any atom is 0.407 e. The predicted octanol–water partition coefficient (Wildman–Crippen LogP) is 7.53. The fraction of sp³-hybridized carbons (Fsp3) is 0.373. The average Bonchev–Trinajstić information content (AvgIpc) is 4.21. The van der Waals surface area contributed by atoms with Crippen LogP contribution in [0.5, 0.6) is 0 Å². The molecule has 15 heteroatoms. The van der Waals surface area contributed by atoms with Crippen LogP contribution in [0.3, 0.4) is 0 Å². The summed E-state index contributed by atoms with van der Waals surface area (Å²) in [6, 6.07) is 26.8. The maximum absolute atomic E-state index is 14.2.